The van der Waals surface area contributed by atoms with Crippen molar-refractivity contribution in [3.63, 3.8) is 0 Å². The van der Waals surface area contributed by atoms with Crippen LogP contribution in [0, 0.1) is 13.8 Å². The Morgan fingerprint density at radius 1 is 1.27 bits per heavy atom. The third-order valence-corrected chi connectivity index (χ3v) is 5.36. The van der Waals surface area contributed by atoms with E-state index in [-0.39, 0.29) is 17.6 Å². The lowest BCUT2D eigenvalue weighted by atomic mass is 9.94. The van der Waals surface area contributed by atoms with Crippen molar-refractivity contribution in [2.45, 2.75) is 51.7 Å². The third kappa shape index (κ3) is 4.01. The zero-order valence-electron chi connectivity index (χ0n) is 16.7. The van der Waals surface area contributed by atoms with Gasteiger partial charge in [-0.25, -0.2) is 9.50 Å². The molecule has 11 heteroatoms. The topological polar surface area (TPSA) is 81.2 Å². The monoisotopic (exact) mass is 421 g/mol. The van der Waals surface area contributed by atoms with Crippen LogP contribution in [0.5, 0.6) is 0 Å². The molecular formula is C19H22F3N7O. The van der Waals surface area contributed by atoms with E-state index in [1.165, 1.54) is 6.20 Å². The number of aromatic nitrogens is 6. The van der Waals surface area contributed by atoms with Crippen molar-refractivity contribution in [2.75, 3.05) is 13.1 Å². The van der Waals surface area contributed by atoms with E-state index in [4.69, 9.17) is 0 Å². The van der Waals surface area contributed by atoms with Crippen LogP contribution in [-0.4, -0.2) is 53.3 Å². The second-order valence-corrected chi connectivity index (χ2v) is 7.59. The summed E-state index contributed by atoms with van der Waals surface area (Å²) in [6.45, 7) is 5.41. The molecule has 0 aromatic carbocycles. The number of rotatable bonds is 4. The van der Waals surface area contributed by atoms with Crippen molar-refractivity contribution < 1.29 is 18.0 Å². The molecule has 1 amide bonds. The summed E-state index contributed by atoms with van der Waals surface area (Å²) in [6.07, 6.45) is -1.36. The number of hydrogen-bond acceptors (Lipinski definition) is 5. The van der Waals surface area contributed by atoms with Crippen molar-refractivity contribution in [1.29, 1.82) is 0 Å². The summed E-state index contributed by atoms with van der Waals surface area (Å²) in [5.41, 5.74) is 2.49. The van der Waals surface area contributed by atoms with Gasteiger partial charge in [0.15, 0.2) is 0 Å². The molecule has 160 valence electrons. The molecule has 1 saturated heterocycles. The standard InChI is InChI=1S/C19H22F3N7O/c1-12-10-13(2)28(25-12)9-6-16(30)27-8-3-4-14(11-27)15-5-7-23-18-24-17(19(20,21)22)26-29(15)18/h5,7,10,14H,3-4,6,8-9,11H2,1-2H3. The molecular weight excluding hydrogens is 399 g/mol. The third-order valence-electron chi connectivity index (χ3n) is 5.36. The van der Waals surface area contributed by atoms with E-state index in [0.717, 1.165) is 28.7 Å². The van der Waals surface area contributed by atoms with E-state index in [2.05, 4.69) is 20.2 Å². The van der Waals surface area contributed by atoms with Gasteiger partial charge in [-0.2, -0.15) is 23.3 Å². The Balaban J connectivity index is 1.49. The molecule has 3 aromatic heterocycles. The molecule has 0 radical (unpaired) electrons. The van der Waals surface area contributed by atoms with Crippen LogP contribution in [0.25, 0.3) is 5.78 Å². The molecule has 0 bridgehead atoms. The highest BCUT2D eigenvalue weighted by Gasteiger charge is 2.37. The van der Waals surface area contributed by atoms with E-state index in [1.807, 2.05) is 24.6 Å². The maximum atomic E-state index is 13.0. The van der Waals surface area contributed by atoms with Crippen LogP contribution in [0.1, 0.15) is 48.1 Å². The van der Waals surface area contributed by atoms with Gasteiger partial charge in [0.25, 0.3) is 11.6 Å². The lowest BCUT2D eigenvalue weighted by molar-refractivity contribution is -0.144. The number of amides is 1. The van der Waals surface area contributed by atoms with E-state index in [1.54, 1.807) is 11.0 Å². The number of alkyl halides is 3. The fraction of sp³-hybridized carbons (Fsp3) is 0.526. The molecule has 0 saturated carbocycles. The van der Waals surface area contributed by atoms with Crippen molar-refractivity contribution >= 4 is 11.7 Å². The number of hydrogen-bond donors (Lipinski definition) is 0. The number of carbonyl (C=O) groups is 1. The molecule has 3 aromatic rings. The van der Waals surface area contributed by atoms with Gasteiger partial charge in [-0.15, -0.1) is 5.10 Å². The summed E-state index contributed by atoms with van der Waals surface area (Å²) >= 11 is 0. The Hall–Kier alpha value is -2.98. The molecule has 8 nitrogen and oxygen atoms in total. The first kappa shape index (κ1) is 20.3. The summed E-state index contributed by atoms with van der Waals surface area (Å²) in [6, 6.07) is 3.61. The average Bonchev–Trinajstić information content (AvgIpc) is 3.28. The summed E-state index contributed by atoms with van der Waals surface area (Å²) in [7, 11) is 0. The summed E-state index contributed by atoms with van der Waals surface area (Å²) in [4.78, 5) is 21.9. The second kappa shape index (κ2) is 7.69. The van der Waals surface area contributed by atoms with Crippen LogP contribution in [0.15, 0.2) is 18.3 Å². The number of halogens is 3. The molecule has 1 unspecified atom stereocenters. The Morgan fingerprint density at radius 2 is 2.07 bits per heavy atom. The maximum absolute atomic E-state index is 13.0. The molecule has 0 aliphatic carbocycles. The van der Waals surface area contributed by atoms with Crippen molar-refractivity contribution in [3.8, 4) is 0 Å². The van der Waals surface area contributed by atoms with Gasteiger partial charge < -0.3 is 4.90 Å². The number of fused-ring (bicyclic) bond motifs is 1. The predicted molar refractivity (Wildman–Crippen MR) is 101 cm³/mol. The SMILES string of the molecule is Cc1cc(C)n(CCC(=O)N2CCCC(c3ccnc4nc(C(F)(F)F)nn34)C2)n1. The van der Waals surface area contributed by atoms with Crippen LogP contribution in [0.4, 0.5) is 13.2 Å². The van der Waals surface area contributed by atoms with Gasteiger partial charge in [-0.3, -0.25) is 9.48 Å². The number of likely N-dealkylation sites (tertiary alicyclic amines) is 1. The Bertz CT molecular complexity index is 1070. The minimum atomic E-state index is -4.64. The number of aryl methyl sites for hydroxylation is 3. The van der Waals surface area contributed by atoms with E-state index in [9.17, 15) is 18.0 Å². The van der Waals surface area contributed by atoms with Gasteiger partial charge in [-0.05, 0) is 38.8 Å². The number of nitrogens with zero attached hydrogens (tertiary/aromatic N) is 7. The zero-order valence-corrected chi connectivity index (χ0v) is 16.7. The van der Waals surface area contributed by atoms with Crippen molar-refractivity contribution in [1.82, 2.24) is 34.3 Å². The summed E-state index contributed by atoms with van der Waals surface area (Å²) in [5, 5.41) is 7.99. The molecule has 1 aliphatic rings. The van der Waals surface area contributed by atoms with Gasteiger partial charge in [0, 0.05) is 43.9 Å². The predicted octanol–water partition coefficient (Wildman–Crippen LogP) is 2.75. The molecule has 0 spiro atoms. The highest BCUT2D eigenvalue weighted by molar-refractivity contribution is 5.76. The molecule has 4 rings (SSSR count). The highest BCUT2D eigenvalue weighted by Crippen LogP contribution is 2.30. The lowest BCUT2D eigenvalue weighted by Crippen LogP contribution is -2.40. The van der Waals surface area contributed by atoms with Crippen molar-refractivity contribution in [3.05, 3.63) is 41.2 Å². The normalized spacial score (nSPS) is 17.6. The zero-order chi connectivity index (χ0) is 21.5. The van der Waals surface area contributed by atoms with Crippen LogP contribution in [0.3, 0.4) is 0 Å². The fourth-order valence-electron chi connectivity index (χ4n) is 3.95. The van der Waals surface area contributed by atoms with Gasteiger partial charge in [-0.1, -0.05) is 0 Å². The Kier molecular flexibility index (Phi) is 5.20. The molecule has 1 aliphatic heterocycles. The lowest BCUT2D eigenvalue weighted by Gasteiger charge is -2.33. The average molecular weight is 421 g/mol. The Labute approximate surface area is 170 Å². The van der Waals surface area contributed by atoms with E-state index >= 15 is 0 Å². The molecule has 1 atom stereocenters. The summed E-state index contributed by atoms with van der Waals surface area (Å²) in [5.74, 6) is -1.43. The van der Waals surface area contributed by atoms with Crippen LogP contribution in [-0.2, 0) is 17.5 Å². The van der Waals surface area contributed by atoms with Crippen molar-refractivity contribution in [2.24, 2.45) is 0 Å². The first-order chi connectivity index (χ1) is 14.2. The molecule has 1 fully saturated rings. The molecule has 30 heavy (non-hydrogen) atoms. The second-order valence-electron chi connectivity index (χ2n) is 7.59. The van der Waals surface area contributed by atoms with E-state index < -0.39 is 12.0 Å². The quantitative estimate of drug-likeness (QED) is 0.647. The first-order valence-corrected chi connectivity index (χ1v) is 9.80. The van der Waals surface area contributed by atoms with E-state index in [0.29, 0.717) is 31.7 Å². The van der Waals surface area contributed by atoms with Crippen LogP contribution < -0.4 is 0 Å². The van der Waals surface area contributed by atoms with Gasteiger partial charge >= 0.3 is 6.18 Å². The maximum Gasteiger partial charge on any atom is 0.453 e. The van der Waals surface area contributed by atoms with Crippen LogP contribution in [0.2, 0.25) is 0 Å². The largest absolute Gasteiger partial charge is 0.453 e. The highest BCUT2D eigenvalue weighted by atomic mass is 19.4. The number of carbonyl (C=O) groups excluding carboxylic acids is 1. The summed E-state index contributed by atoms with van der Waals surface area (Å²) < 4.78 is 42.0. The smallest absolute Gasteiger partial charge is 0.342 e. The fourth-order valence-corrected chi connectivity index (χ4v) is 3.95. The molecule has 4 heterocycles. The number of piperidine rings is 1. The minimum Gasteiger partial charge on any atom is -0.342 e. The molecule has 0 N–H and O–H groups in total. The van der Waals surface area contributed by atoms with Crippen LogP contribution >= 0.6 is 0 Å². The van der Waals surface area contributed by atoms with Gasteiger partial charge in [0.05, 0.1) is 11.4 Å². The Morgan fingerprint density at radius 3 is 2.77 bits per heavy atom. The van der Waals surface area contributed by atoms with Gasteiger partial charge in [0.1, 0.15) is 0 Å². The first-order valence-electron chi connectivity index (χ1n) is 9.80. The minimum absolute atomic E-state index is 0.00660. The van der Waals surface area contributed by atoms with Gasteiger partial charge in [0.2, 0.25) is 5.91 Å².